The zero-order chi connectivity index (χ0) is 17.8. The molecule has 4 nitrogen and oxygen atoms in total. The van der Waals surface area contributed by atoms with Crippen LogP contribution >= 0.6 is 0 Å². The number of hydrogen-bond donors (Lipinski definition) is 1. The molecule has 0 saturated heterocycles. The first-order chi connectivity index (χ1) is 12.8. The third kappa shape index (κ3) is 5.43. The largest absolute Gasteiger partial charge is 0.436 e. The van der Waals surface area contributed by atoms with Crippen LogP contribution in [-0.2, 0) is 11.3 Å². The minimum atomic E-state index is 0. The first kappa shape index (κ1) is 22.1. The summed E-state index contributed by atoms with van der Waals surface area (Å²) in [4.78, 5) is 4.55. The van der Waals surface area contributed by atoms with Crippen molar-refractivity contribution in [1.29, 1.82) is 0 Å². The lowest BCUT2D eigenvalue weighted by Crippen LogP contribution is -2.25. The zero-order valence-electron chi connectivity index (χ0n) is 15.1. The van der Waals surface area contributed by atoms with Gasteiger partial charge in [-0.15, -0.1) is 0 Å². The molecular weight excluding hydrogens is 348 g/mol. The van der Waals surface area contributed by atoms with Crippen LogP contribution in [0, 0.1) is 0 Å². The van der Waals surface area contributed by atoms with Gasteiger partial charge in [0.15, 0.2) is 5.58 Å². The molecule has 1 heterocycles. The highest BCUT2D eigenvalue weighted by molar-refractivity contribution is 5.75. The highest BCUT2D eigenvalue weighted by atomic mass is 16.5. The van der Waals surface area contributed by atoms with Crippen LogP contribution in [0.15, 0.2) is 52.9 Å². The Morgan fingerprint density at radius 2 is 1.68 bits per heavy atom. The standard InChI is InChI=1S/C22H26N2O2.2CH4/c23-18-5-1-2-6-19(14-13-18)25-15-16-9-11-17(12-10-16)22-24-20-7-3-4-8-21(20)26-22;;/h3-4,7-12,18-19H,1-2,5-6,13-15,23H2;2*1H4. The van der Waals surface area contributed by atoms with Crippen molar-refractivity contribution in [2.24, 2.45) is 5.73 Å². The van der Waals surface area contributed by atoms with Crippen molar-refractivity contribution in [3.8, 4) is 11.5 Å². The number of nitrogens with zero attached hydrogens (tertiary/aromatic N) is 1. The summed E-state index contributed by atoms with van der Waals surface area (Å²) in [5, 5.41) is 0. The van der Waals surface area contributed by atoms with Crippen LogP contribution in [0.3, 0.4) is 0 Å². The summed E-state index contributed by atoms with van der Waals surface area (Å²) in [5.74, 6) is 0.660. The Kier molecular flexibility index (Phi) is 8.21. The summed E-state index contributed by atoms with van der Waals surface area (Å²) >= 11 is 0. The first-order valence-electron chi connectivity index (χ1n) is 9.60. The van der Waals surface area contributed by atoms with Gasteiger partial charge in [-0.2, -0.15) is 0 Å². The Morgan fingerprint density at radius 1 is 0.929 bits per heavy atom. The van der Waals surface area contributed by atoms with Gasteiger partial charge < -0.3 is 14.9 Å². The number of nitrogens with two attached hydrogens (primary N) is 1. The molecule has 4 heteroatoms. The summed E-state index contributed by atoms with van der Waals surface area (Å²) in [6.07, 6.45) is 7.22. The van der Waals surface area contributed by atoms with Crippen LogP contribution in [0.1, 0.15) is 58.9 Å². The summed E-state index contributed by atoms with van der Waals surface area (Å²) in [6.45, 7) is 0.647. The maximum absolute atomic E-state index is 6.15. The van der Waals surface area contributed by atoms with Gasteiger partial charge in [0.2, 0.25) is 5.89 Å². The summed E-state index contributed by atoms with van der Waals surface area (Å²) in [5.41, 5.74) is 9.97. The van der Waals surface area contributed by atoms with Crippen LogP contribution in [0.5, 0.6) is 0 Å². The predicted octanol–water partition coefficient (Wildman–Crippen LogP) is 6.33. The maximum Gasteiger partial charge on any atom is 0.227 e. The Hall–Kier alpha value is -2.17. The van der Waals surface area contributed by atoms with E-state index in [0.29, 0.717) is 24.6 Å². The van der Waals surface area contributed by atoms with E-state index in [2.05, 4.69) is 29.2 Å². The molecule has 0 aliphatic heterocycles. The van der Waals surface area contributed by atoms with Crippen LogP contribution < -0.4 is 5.73 Å². The van der Waals surface area contributed by atoms with E-state index in [1.165, 1.54) is 18.4 Å². The first-order valence-corrected chi connectivity index (χ1v) is 9.60. The normalized spacial score (nSPS) is 19.9. The average molecular weight is 383 g/mol. The zero-order valence-corrected chi connectivity index (χ0v) is 15.1. The molecule has 2 atom stereocenters. The van der Waals surface area contributed by atoms with E-state index in [-0.39, 0.29) is 14.9 Å². The molecule has 1 saturated carbocycles. The van der Waals surface area contributed by atoms with E-state index in [4.69, 9.17) is 14.9 Å². The molecule has 2 aromatic carbocycles. The number of para-hydroxylation sites is 2. The monoisotopic (exact) mass is 382 g/mol. The number of fused-ring (bicyclic) bond motifs is 1. The molecule has 0 spiro atoms. The van der Waals surface area contributed by atoms with Crippen LogP contribution in [-0.4, -0.2) is 17.1 Å². The summed E-state index contributed by atoms with van der Waals surface area (Å²) < 4.78 is 12.0. The fraction of sp³-hybridized carbons (Fsp3) is 0.458. The molecule has 2 N–H and O–H groups in total. The van der Waals surface area contributed by atoms with Gasteiger partial charge in [-0.3, -0.25) is 0 Å². The molecule has 2 unspecified atom stereocenters. The lowest BCUT2D eigenvalue weighted by molar-refractivity contribution is 0.0224. The maximum atomic E-state index is 6.15. The predicted molar refractivity (Wildman–Crippen MR) is 117 cm³/mol. The van der Waals surface area contributed by atoms with Gasteiger partial charge >= 0.3 is 0 Å². The fourth-order valence-corrected chi connectivity index (χ4v) is 3.59. The minimum Gasteiger partial charge on any atom is -0.436 e. The molecule has 1 fully saturated rings. The topological polar surface area (TPSA) is 61.3 Å². The number of aromatic nitrogens is 1. The second-order valence-electron chi connectivity index (χ2n) is 7.24. The highest BCUT2D eigenvalue weighted by Crippen LogP contribution is 2.25. The van der Waals surface area contributed by atoms with Crippen LogP contribution in [0.2, 0.25) is 0 Å². The Balaban J connectivity index is 0.00000140. The van der Waals surface area contributed by atoms with E-state index >= 15 is 0 Å². The van der Waals surface area contributed by atoms with Gasteiger partial charge in [-0.25, -0.2) is 4.98 Å². The smallest absolute Gasteiger partial charge is 0.227 e. The number of rotatable bonds is 4. The lowest BCUT2D eigenvalue weighted by atomic mass is 9.95. The van der Waals surface area contributed by atoms with Gasteiger partial charge in [-0.05, 0) is 55.5 Å². The van der Waals surface area contributed by atoms with Crippen molar-refractivity contribution < 1.29 is 9.15 Å². The molecule has 1 aromatic heterocycles. The van der Waals surface area contributed by atoms with Gasteiger partial charge in [0, 0.05) is 11.6 Å². The Bertz CT molecular complexity index is 808. The number of ether oxygens (including phenoxy) is 1. The van der Waals surface area contributed by atoms with Crippen molar-refractivity contribution in [1.82, 2.24) is 4.98 Å². The van der Waals surface area contributed by atoms with Crippen molar-refractivity contribution in [2.45, 2.75) is 72.1 Å². The second kappa shape index (κ2) is 10.4. The molecule has 1 aliphatic carbocycles. The van der Waals surface area contributed by atoms with Crippen LogP contribution in [0.4, 0.5) is 0 Å². The molecule has 0 radical (unpaired) electrons. The van der Waals surface area contributed by atoms with Gasteiger partial charge in [0.05, 0.1) is 12.7 Å². The average Bonchev–Trinajstić information content (AvgIpc) is 3.09. The van der Waals surface area contributed by atoms with Gasteiger partial charge in [0.1, 0.15) is 5.52 Å². The lowest BCUT2D eigenvalue weighted by Gasteiger charge is -2.23. The fourth-order valence-electron chi connectivity index (χ4n) is 3.59. The molecule has 28 heavy (non-hydrogen) atoms. The molecule has 4 rings (SSSR count). The van der Waals surface area contributed by atoms with E-state index < -0.39 is 0 Å². The van der Waals surface area contributed by atoms with Crippen molar-refractivity contribution >= 4 is 11.1 Å². The number of benzene rings is 2. The summed E-state index contributed by atoms with van der Waals surface area (Å²) in [7, 11) is 0. The van der Waals surface area contributed by atoms with Crippen LogP contribution in [0.25, 0.3) is 22.6 Å². The van der Waals surface area contributed by atoms with Gasteiger partial charge in [0.25, 0.3) is 0 Å². The molecule has 3 aromatic rings. The van der Waals surface area contributed by atoms with E-state index in [1.54, 1.807) is 0 Å². The van der Waals surface area contributed by atoms with E-state index in [0.717, 1.165) is 42.3 Å². The minimum absolute atomic E-state index is 0. The highest BCUT2D eigenvalue weighted by Gasteiger charge is 2.15. The molecule has 152 valence electrons. The molecular formula is C24H34N2O2. The summed E-state index contributed by atoms with van der Waals surface area (Å²) in [6, 6.07) is 16.5. The molecule has 1 aliphatic rings. The third-order valence-electron chi connectivity index (χ3n) is 5.19. The van der Waals surface area contributed by atoms with E-state index in [9.17, 15) is 0 Å². The number of hydrogen-bond acceptors (Lipinski definition) is 4. The number of oxazole rings is 1. The van der Waals surface area contributed by atoms with Crippen molar-refractivity contribution in [3.05, 3.63) is 54.1 Å². The third-order valence-corrected chi connectivity index (χ3v) is 5.19. The SMILES string of the molecule is C.C.NC1CCCCC(OCc2ccc(-c3nc4ccccc4o3)cc2)CC1. The quantitative estimate of drug-likeness (QED) is 0.572. The second-order valence-corrected chi connectivity index (χ2v) is 7.24. The Labute approximate surface area is 169 Å². The Morgan fingerprint density at radius 3 is 2.46 bits per heavy atom. The molecule has 0 bridgehead atoms. The van der Waals surface area contributed by atoms with E-state index in [1.807, 2.05) is 24.3 Å². The molecule has 0 amide bonds. The van der Waals surface area contributed by atoms with Gasteiger partial charge in [-0.1, -0.05) is 52.0 Å². The van der Waals surface area contributed by atoms with Crippen molar-refractivity contribution in [2.75, 3.05) is 0 Å². The van der Waals surface area contributed by atoms with Crippen molar-refractivity contribution in [3.63, 3.8) is 0 Å².